The van der Waals surface area contributed by atoms with Crippen LogP contribution in [0.1, 0.15) is 36.2 Å². The van der Waals surface area contributed by atoms with Crippen molar-refractivity contribution in [1.29, 1.82) is 0 Å². The third-order valence-corrected chi connectivity index (χ3v) is 3.82. The van der Waals surface area contributed by atoms with Gasteiger partial charge in [0.25, 0.3) is 5.91 Å². The van der Waals surface area contributed by atoms with Gasteiger partial charge >= 0.3 is 0 Å². The molecule has 1 amide bonds. The molecule has 5 nitrogen and oxygen atoms in total. The number of carbonyl (C=O) groups excluding carboxylic acids is 1. The number of nitrogens with one attached hydrogen (secondary N) is 1. The average molecular weight is 328 g/mol. The zero-order chi connectivity index (χ0) is 17.5. The highest BCUT2D eigenvalue weighted by Gasteiger charge is 2.16. The van der Waals surface area contributed by atoms with Crippen molar-refractivity contribution in [2.75, 3.05) is 20.6 Å². The average Bonchev–Trinajstić information content (AvgIpc) is 2.99. The summed E-state index contributed by atoms with van der Waals surface area (Å²) in [6.07, 6.45) is 6.46. The number of benzene rings is 1. The van der Waals surface area contributed by atoms with Crippen molar-refractivity contribution in [2.45, 2.75) is 32.9 Å². The van der Waals surface area contributed by atoms with E-state index in [0.29, 0.717) is 11.5 Å². The summed E-state index contributed by atoms with van der Waals surface area (Å²) in [5.74, 6) is 0.546. The third kappa shape index (κ3) is 5.81. The summed E-state index contributed by atoms with van der Waals surface area (Å²) < 4.78 is 2.00. The van der Waals surface area contributed by atoms with Gasteiger partial charge in [-0.25, -0.2) is 4.98 Å². The number of nitrogens with zero attached hydrogens (tertiary/aromatic N) is 3. The summed E-state index contributed by atoms with van der Waals surface area (Å²) in [6.45, 7) is 5.97. The molecule has 1 heterocycles. The van der Waals surface area contributed by atoms with Gasteiger partial charge in [-0.1, -0.05) is 26.0 Å². The van der Waals surface area contributed by atoms with Crippen LogP contribution in [-0.4, -0.2) is 47.0 Å². The molecule has 5 heteroatoms. The second kappa shape index (κ2) is 8.64. The lowest BCUT2D eigenvalue weighted by atomic mass is 10.0. The number of hydrogen-bond acceptors (Lipinski definition) is 3. The zero-order valence-corrected chi connectivity index (χ0v) is 15.1. The van der Waals surface area contributed by atoms with E-state index in [9.17, 15) is 4.79 Å². The summed E-state index contributed by atoms with van der Waals surface area (Å²) in [5.41, 5.74) is 1.86. The fourth-order valence-electron chi connectivity index (χ4n) is 2.81. The molecule has 0 aliphatic carbocycles. The Morgan fingerprint density at radius 3 is 2.50 bits per heavy atom. The van der Waals surface area contributed by atoms with Crippen molar-refractivity contribution < 1.29 is 4.79 Å². The van der Waals surface area contributed by atoms with Gasteiger partial charge in [-0.2, -0.15) is 0 Å². The van der Waals surface area contributed by atoms with Gasteiger partial charge in [0.05, 0.1) is 6.33 Å². The van der Waals surface area contributed by atoms with Gasteiger partial charge in [-0.05, 0) is 44.1 Å². The van der Waals surface area contributed by atoms with Crippen LogP contribution in [0.4, 0.5) is 0 Å². The monoisotopic (exact) mass is 328 g/mol. The summed E-state index contributed by atoms with van der Waals surface area (Å²) in [7, 11) is 4.06. The Bertz CT molecular complexity index is 607. The molecule has 2 aromatic rings. The number of amides is 1. The number of likely N-dealkylation sites (N-methyl/N-ethyl adjacent to an activating group) is 1. The second-order valence-corrected chi connectivity index (χ2v) is 6.99. The molecule has 0 spiro atoms. The number of carbonyl (C=O) groups is 1. The van der Waals surface area contributed by atoms with Crippen LogP contribution in [0.5, 0.6) is 0 Å². The van der Waals surface area contributed by atoms with Crippen molar-refractivity contribution in [3.63, 3.8) is 0 Å². The highest BCUT2D eigenvalue weighted by atomic mass is 16.1. The molecule has 0 saturated heterocycles. The molecule has 2 rings (SSSR count). The summed E-state index contributed by atoms with van der Waals surface area (Å²) in [6, 6.07) is 7.95. The lowest BCUT2D eigenvalue weighted by molar-refractivity contribution is 0.0924. The van der Waals surface area contributed by atoms with Crippen LogP contribution >= 0.6 is 0 Å². The molecule has 0 bridgehead atoms. The lowest BCUT2D eigenvalue weighted by Gasteiger charge is -2.24. The van der Waals surface area contributed by atoms with Crippen LogP contribution in [0.2, 0.25) is 0 Å². The van der Waals surface area contributed by atoms with Crippen molar-refractivity contribution in [2.24, 2.45) is 5.92 Å². The van der Waals surface area contributed by atoms with Crippen LogP contribution in [0.3, 0.4) is 0 Å². The smallest absolute Gasteiger partial charge is 0.251 e. The Kier molecular flexibility index (Phi) is 6.55. The largest absolute Gasteiger partial charge is 0.348 e. The van der Waals surface area contributed by atoms with E-state index in [1.54, 1.807) is 12.5 Å². The Labute approximate surface area is 144 Å². The quantitative estimate of drug-likeness (QED) is 0.810. The van der Waals surface area contributed by atoms with E-state index in [0.717, 1.165) is 25.1 Å². The van der Waals surface area contributed by atoms with E-state index in [2.05, 4.69) is 29.0 Å². The van der Waals surface area contributed by atoms with Gasteiger partial charge in [0.15, 0.2) is 0 Å². The summed E-state index contributed by atoms with van der Waals surface area (Å²) >= 11 is 0. The van der Waals surface area contributed by atoms with Gasteiger partial charge < -0.3 is 14.8 Å². The lowest BCUT2D eigenvalue weighted by Crippen LogP contribution is -2.42. The molecule has 1 atom stereocenters. The van der Waals surface area contributed by atoms with Gasteiger partial charge in [0.2, 0.25) is 0 Å². The molecule has 0 radical (unpaired) electrons. The van der Waals surface area contributed by atoms with Crippen LogP contribution in [-0.2, 0) is 6.54 Å². The van der Waals surface area contributed by atoms with Crippen molar-refractivity contribution in [1.82, 2.24) is 19.8 Å². The first-order valence-electron chi connectivity index (χ1n) is 8.44. The molecule has 1 N–H and O–H groups in total. The predicted octanol–water partition coefficient (Wildman–Crippen LogP) is 2.64. The fourth-order valence-corrected chi connectivity index (χ4v) is 2.81. The van der Waals surface area contributed by atoms with E-state index in [-0.39, 0.29) is 11.9 Å². The highest BCUT2D eigenvalue weighted by Crippen LogP contribution is 2.09. The van der Waals surface area contributed by atoms with Crippen LogP contribution in [0.15, 0.2) is 43.0 Å². The molecule has 1 aromatic heterocycles. The first-order chi connectivity index (χ1) is 11.4. The van der Waals surface area contributed by atoms with E-state index in [1.807, 2.05) is 49.1 Å². The second-order valence-electron chi connectivity index (χ2n) is 6.99. The fraction of sp³-hybridized carbons (Fsp3) is 0.474. The molecule has 1 aromatic carbocycles. The Balaban J connectivity index is 1.97. The van der Waals surface area contributed by atoms with Crippen molar-refractivity contribution in [3.8, 4) is 0 Å². The number of imidazole rings is 1. The number of rotatable bonds is 8. The number of aromatic nitrogens is 2. The molecule has 0 fully saturated rings. The molecule has 130 valence electrons. The van der Waals surface area contributed by atoms with Crippen LogP contribution in [0.25, 0.3) is 0 Å². The zero-order valence-electron chi connectivity index (χ0n) is 15.1. The highest BCUT2D eigenvalue weighted by molar-refractivity contribution is 5.94. The van der Waals surface area contributed by atoms with E-state index in [4.69, 9.17) is 0 Å². The normalized spacial score (nSPS) is 12.6. The van der Waals surface area contributed by atoms with E-state index >= 15 is 0 Å². The molecule has 24 heavy (non-hydrogen) atoms. The van der Waals surface area contributed by atoms with E-state index in [1.165, 1.54) is 0 Å². The van der Waals surface area contributed by atoms with Crippen LogP contribution < -0.4 is 5.32 Å². The minimum Gasteiger partial charge on any atom is -0.348 e. The van der Waals surface area contributed by atoms with Gasteiger partial charge in [-0.15, -0.1) is 0 Å². The maximum atomic E-state index is 12.5. The third-order valence-electron chi connectivity index (χ3n) is 3.82. The van der Waals surface area contributed by atoms with Crippen LogP contribution in [0, 0.1) is 5.92 Å². The van der Waals surface area contributed by atoms with Gasteiger partial charge in [0, 0.05) is 37.1 Å². The summed E-state index contributed by atoms with van der Waals surface area (Å²) in [5, 5.41) is 3.17. The Morgan fingerprint density at radius 2 is 1.96 bits per heavy atom. The standard InChI is InChI=1S/C19H28N4O/c1-15(2)11-18(13-22(3)4)21-19(24)17-7-5-16(6-8-17)12-23-10-9-20-14-23/h5-10,14-15,18H,11-13H2,1-4H3,(H,21,24). The molecular formula is C19H28N4O. The van der Waals surface area contributed by atoms with E-state index < -0.39 is 0 Å². The predicted molar refractivity (Wildman–Crippen MR) is 97.0 cm³/mol. The minimum atomic E-state index is -0.00307. The first kappa shape index (κ1) is 18.2. The Hall–Kier alpha value is -2.14. The van der Waals surface area contributed by atoms with Gasteiger partial charge in [-0.3, -0.25) is 4.79 Å². The molecule has 0 aliphatic rings. The molecule has 0 aliphatic heterocycles. The van der Waals surface area contributed by atoms with Gasteiger partial charge in [0.1, 0.15) is 0 Å². The SMILES string of the molecule is CC(C)CC(CN(C)C)NC(=O)c1ccc(Cn2ccnc2)cc1. The van der Waals surface area contributed by atoms with Crippen molar-refractivity contribution >= 4 is 5.91 Å². The maximum absolute atomic E-state index is 12.5. The maximum Gasteiger partial charge on any atom is 0.251 e. The van der Waals surface area contributed by atoms with Crippen molar-refractivity contribution in [3.05, 3.63) is 54.1 Å². The first-order valence-corrected chi connectivity index (χ1v) is 8.44. The molecule has 0 saturated carbocycles. The molecule has 1 unspecified atom stereocenters. The number of hydrogen-bond donors (Lipinski definition) is 1. The summed E-state index contributed by atoms with van der Waals surface area (Å²) in [4.78, 5) is 18.7. The minimum absolute atomic E-state index is 0.00307. The molecular weight excluding hydrogens is 300 g/mol. The Morgan fingerprint density at radius 1 is 1.25 bits per heavy atom. The topological polar surface area (TPSA) is 50.2 Å².